The average molecular weight is 261 g/mol. The maximum Gasteiger partial charge on any atom is 0.340 e. The minimum absolute atomic E-state index is 0.0986. The number of carbonyl (C=O) groups excluding carboxylic acids is 2. The highest BCUT2D eigenvalue weighted by Crippen LogP contribution is 2.16. The van der Waals surface area contributed by atoms with Crippen LogP contribution in [0.5, 0.6) is 0 Å². The maximum absolute atomic E-state index is 11.6. The molecule has 0 aliphatic rings. The van der Waals surface area contributed by atoms with Crippen LogP contribution < -0.4 is 5.73 Å². The summed E-state index contributed by atoms with van der Waals surface area (Å²) in [5.74, 6) is -1.10. The highest BCUT2D eigenvalue weighted by atomic mass is 16.5. The zero-order valence-electron chi connectivity index (χ0n) is 10.4. The third-order valence-electron chi connectivity index (χ3n) is 2.17. The van der Waals surface area contributed by atoms with Gasteiger partial charge in [-0.15, -0.1) is 0 Å². The minimum atomic E-state index is -0.566. The Kier molecular flexibility index (Phi) is 5.35. The minimum Gasteiger partial charge on any atom is -0.458 e. The summed E-state index contributed by atoms with van der Waals surface area (Å²) in [4.78, 5) is 23.2. The Morgan fingerprint density at radius 1 is 1.11 bits per heavy atom. The summed E-state index contributed by atoms with van der Waals surface area (Å²) in [6.07, 6.45) is 2.91. The second-order valence-electron chi connectivity index (χ2n) is 3.58. The van der Waals surface area contributed by atoms with Crippen molar-refractivity contribution in [3.05, 3.63) is 54.6 Å². The summed E-state index contributed by atoms with van der Waals surface area (Å²) in [6, 6.07) is 4.24. The lowest BCUT2D eigenvalue weighted by molar-refractivity contribution is 0.0536. The van der Waals surface area contributed by atoms with E-state index in [1.807, 2.05) is 0 Å². The SMILES string of the molecule is C=CCOC(=O)c1ccc(C(=O)OCC=C)c(N)c1. The lowest BCUT2D eigenvalue weighted by Crippen LogP contribution is -2.11. The van der Waals surface area contributed by atoms with Gasteiger partial charge in [0, 0.05) is 5.69 Å². The largest absolute Gasteiger partial charge is 0.458 e. The molecular formula is C14H15NO4. The van der Waals surface area contributed by atoms with Gasteiger partial charge in [0.1, 0.15) is 13.2 Å². The molecule has 0 aliphatic heterocycles. The molecule has 0 heterocycles. The Balaban J connectivity index is 2.84. The van der Waals surface area contributed by atoms with E-state index in [1.165, 1.54) is 30.4 Å². The van der Waals surface area contributed by atoms with Gasteiger partial charge in [-0.25, -0.2) is 9.59 Å². The van der Waals surface area contributed by atoms with Gasteiger partial charge in [0.25, 0.3) is 0 Å². The van der Waals surface area contributed by atoms with E-state index in [2.05, 4.69) is 13.2 Å². The first-order chi connectivity index (χ1) is 9.10. The molecule has 5 nitrogen and oxygen atoms in total. The van der Waals surface area contributed by atoms with E-state index < -0.39 is 11.9 Å². The number of benzene rings is 1. The molecular weight excluding hydrogens is 246 g/mol. The van der Waals surface area contributed by atoms with E-state index in [0.717, 1.165) is 0 Å². The van der Waals surface area contributed by atoms with Crippen LogP contribution in [0.4, 0.5) is 5.69 Å². The predicted octanol–water partition coefficient (Wildman–Crippen LogP) is 1.95. The number of esters is 2. The molecule has 0 saturated heterocycles. The van der Waals surface area contributed by atoms with Crippen molar-refractivity contribution in [3.8, 4) is 0 Å². The quantitative estimate of drug-likeness (QED) is 0.481. The molecule has 100 valence electrons. The van der Waals surface area contributed by atoms with E-state index in [0.29, 0.717) is 0 Å². The molecule has 0 radical (unpaired) electrons. The number of hydrogen-bond acceptors (Lipinski definition) is 5. The van der Waals surface area contributed by atoms with Crippen LogP contribution in [0.25, 0.3) is 0 Å². The van der Waals surface area contributed by atoms with Crippen LogP contribution in [0.15, 0.2) is 43.5 Å². The number of ether oxygens (including phenoxy) is 2. The Morgan fingerprint density at radius 2 is 1.68 bits per heavy atom. The highest BCUT2D eigenvalue weighted by molar-refractivity contribution is 5.98. The van der Waals surface area contributed by atoms with Crippen molar-refractivity contribution in [2.45, 2.75) is 0 Å². The fraction of sp³-hybridized carbons (Fsp3) is 0.143. The van der Waals surface area contributed by atoms with Gasteiger partial charge in [0.2, 0.25) is 0 Å². The first-order valence-corrected chi connectivity index (χ1v) is 5.55. The van der Waals surface area contributed by atoms with Gasteiger partial charge in [-0.3, -0.25) is 0 Å². The molecule has 0 saturated carbocycles. The summed E-state index contributed by atoms with van der Waals surface area (Å²) in [5.41, 5.74) is 6.32. The number of carbonyl (C=O) groups is 2. The number of rotatable bonds is 6. The number of anilines is 1. The van der Waals surface area contributed by atoms with Crippen molar-refractivity contribution in [1.29, 1.82) is 0 Å². The zero-order chi connectivity index (χ0) is 14.3. The molecule has 0 fully saturated rings. The molecule has 0 aromatic heterocycles. The molecule has 0 aliphatic carbocycles. The van der Waals surface area contributed by atoms with Crippen LogP contribution in [0.3, 0.4) is 0 Å². The topological polar surface area (TPSA) is 78.6 Å². The molecule has 5 heteroatoms. The summed E-state index contributed by atoms with van der Waals surface area (Å²) >= 11 is 0. The standard InChI is InChI=1S/C14H15NO4/c1-3-7-18-13(16)10-5-6-11(12(15)9-10)14(17)19-8-4-2/h3-6,9H,1-2,7-8,15H2. The molecule has 19 heavy (non-hydrogen) atoms. The van der Waals surface area contributed by atoms with Gasteiger partial charge >= 0.3 is 11.9 Å². The van der Waals surface area contributed by atoms with E-state index >= 15 is 0 Å². The van der Waals surface area contributed by atoms with Gasteiger partial charge in [-0.2, -0.15) is 0 Å². The summed E-state index contributed by atoms with van der Waals surface area (Å²) in [7, 11) is 0. The van der Waals surface area contributed by atoms with Gasteiger partial charge < -0.3 is 15.2 Å². The first kappa shape index (κ1) is 14.5. The summed E-state index contributed by atoms with van der Waals surface area (Å²) < 4.78 is 9.71. The molecule has 0 unspecified atom stereocenters. The monoisotopic (exact) mass is 261 g/mol. The van der Waals surface area contributed by atoms with Crippen molar-refractivity contribution >= 4 is 17.6 Å². The van der Waals surface area contributed by atoms with Crippen LogP contribution in [0.2, 0.25) is 0 Å². The average Bonchev–Trinajstić information content (AvgIpc) is 2.41. The fourth-order valence-electron chi connectivity index (χ4n) is 1.31. The summed E-state index contributed by atoms with van der Waals surface area (Å²) in [6.45, 7) is 7.09. The molecule has 1 aromatic carbocycles. The maximum atomic E-state index is 11.6. The fourth-order valence-corrected chi connectivity index (χ4v) is 1.31. The number of nitrogens with two attached hydrogens (primary N) is 1. The van der Waals surface area contributed by atoms with E-state index in [1.54, 1.807) is 0 Å². The third-order valence-corrected chi connectivity index (χ3v) is 2.17. The van der Waals surface area contributed by atoms with Crippen molar-refractivity contribution in [3.63, 3.8) is 0 Å². The van der Waals surface area contributed by atoms with Gasteiger partial charge in [-0.1, -0.05) is 25.3 Å². The van der Waals surface area contributed by atoms with Crippen molar-refractivity contribution in [2.75, 3.05) is 18.9 Å². The van der Waals surface area contributed by atoms with Crippen molar-refractivity contribution in [1.82, 2.24) is 0 Å². The molecule has 2 N–H and O–H groups in total. The van der Waals surface area contributed by atoms with Crippen molar-refractivity contribution < 1.29 is 19.1 Å². The molecule has 0 atom stereocenters. The normalized spacial score (nSPS) is 9.47. The van der Waals surface area contributed by atoms with Gasteiger partial charge in [0.05, 0.1) is 11.1 Å². The van der Waals surface area contributed by atoms with Crippen LogP contribution >= 0.6 is 0 Å². The second-order valence-corrected chi connectivity index (χ2v) is 3.58. The second kappa shape index (κ2) is 7.00. The Bertz CT molecular complexity index is 508. The lowest BCUT2D eigenvalue weighted by Gasteiger charge is -2.07. The van der Waals surface area contributed by atoms with E-state index in [-0.39, 0.29) is 30.0 Å². The summed E-state index contributed by atoms with van der Waals surface area (Å²) in [5, 5.41) is 0. The van der Waals surface area contributed by atoms with E-state index in [9.17, 15) is 9.59 Å². The Hall–Kier alpha value is -2.56. The van der Waals surface area contributed by atoms with Gasteiger partial charge in [-0.05, 0) is 18.2 Å². The smallest absolute Gasteiger partial charge is 0.340 e. The van der Waals surface area contributed by atoms with Crippen LogP contribution in [0.1, 0.15) is 20.7 Å². The number of hydrogen-bond donors (Lipinski definition) is 1. The van der Waals surface area contributed by atoms with Crippen molar-refractivity contribution in [2.24, 2.45) is 0 Å². The zero-order valence-corrected chi connectivity index (χ0v) is 10.4. The molecule has 0 spiro atoms. The molecule has 1 aromatic rings. The van der Waals surface area contributed by atoms with Crippen LogP contribution in [0, 0.1) is 0 Å². The predicted molar refractivity (Wildman–Crippen MR) is 71.8 cm³/mol. The Morgan fingerprint density at radius 3 is 2.21 bits per heavy atom. The molecule has 1 rings (SSSR count). The van der Waals surface area contributed by atoms with Crippen LogP contribution in [-0.2, 0) is 9.47 Å². The first-order valence-electron chi connectivity index (χ1n) is 5.55. The van der Waals surface area contributed by atoms with Crippen LogP contribution in [-0.4, -0.2) is 25.2 Å². The molecule has 0 amide bonds. The molecule has 0 bridgehead atoms. The lowest BCUT2D eigenvalue weighted by atomic mass is 10.1. The third kappa shape index (κ3) is 3.99. The Labute approximate surface area is 111 Å². The number of nitrogen functional groups attached to an aromatic ring is 1. The highest BCUT2D eigenvalue weighted by Gasteiger charge is 2.14. The van der Waals surface area contributed by atoms with E-state index in [4.69, 9.17) is 15.2 Å². The van der Waals surface area contributed by atoms with Gasteiger partial charge in [0.15, 0.2) is 0 Å².